The van der Waals surface area contributed by atoms with E-state index in [-0.39, 0.29) is 35.2 Å². The number of nitrogens with zero attached hydrogens (tertiary/aromatic N) is 2. The Morgan fingerprint density at radius 1 is 0.943 bits per heavy atom. The summed E-state index contributed by atoms with van der Waals surface area (Å²) in [5.74, 6) is -1.70. The van der Waals surface area contributed by atoms with Crippen LogP contribution in [0.25, 0.3) is 0 Å². The van der Waals surface area contributed by atoms with E-state index in [1.165, 1.54) is 22.5 Å². The standard InChI is InChI=1S/C25H19ClN2O6S/c26-20-10-9-17(15-22(20)35(32,33)28-12-11-16-5-1-4-8-21(16)28)25(31)34-14-13-27-23(29)18-6-2-3-7-19(18)24(27)30/h1-10,15H,11-14H2. The van der Waals surface area contributed by atoms with Gasteiger partial charge in [0.1, 0.15) is 11.5 Å². The van der Waals surface area contributed by atoms with Gasteiger partial charge >= 0.3 is 5.97 Å². The molecule has 2 aliphatic rings. The van der Waals surface area contributed by atoms with Gasteiger partial charge in [-0.25, -0.2) is 13.2 Å². The molecule has 2 amide bonds. The third-order valence-electron chi connectivity index (χ3n) is 6.01. The highest BCUT2D eigenvalue weighted by atomic mass is 35.5. The number of sulfonamides is 1. The molecular formula is C25H19ClN2O6S. The lowest BCUT2D eigenvalue weighted by Gasteiger charge is -2.20. The monoisotopic (exact) mass is 510 g/mol. The van der Waals surface area contributed by atoms with Gasteiger partial charge in [0.05, 0.1) is 33.9 Å². The van der Waals surface area contributed by atoms with E-state index in [0.717, 1.165) is 10.5 Å². The number of hydrogen-bond donors (Lipinski definition) is 0. The van der Waals surface area contributed by atoms with E-state index >= 15 is 0 Å². The smallest absolute Gasteiger partial charge is 0.338 e. The molecule has 2 heterocycles. The fraction of sp³-hybridized carbons (Fsp3) is 0.160. The quantitative estimate of drug-likeness (QED) is 0.371. The SMILES string of the molecule is O=C(OCCN1C(=O)c2ccccc2C1=O)c1ccc(Cl)c(S(=O)(=O)N2CCc3ccccc32)c1. The predicted octanol–water partition coefficient (Wildman–Crippen LogP) is 3.54. The van der Waals surface area contributed by atoms with Crippen LogP contribution in [0, 0.1) is 0 Å². The summed E-state index contributed by atoms with van der Waals surface area (Å²) in [7, 11) is -4.02. The molecule has 0 aliphatic carbocycles. The average molecular weight is 511 g/mol. The second-order valence-corrected chi connectivity index (χ2v) is 10.3. The number of rotatable bonds is 6. The third kappa shape index (κ3) is 3.96. The van der Waals surface area contributed by atoms with Crippen molar-refractivity contribution in [1.29, 1.82) is 0 Å². The molecule has 5 rings (SSSR count). The maximum Gasteiger partial charge on any atom is 0.338 e. The number of fused-ring (bicyclic) bond motifs is 2. The minimum absolute atomic E-state index is 0.0113. The van der Waals surface area contributed by atoms with Gasteiger partial charge in [-0.1, -0.05) is 41.9 Å². The van der Waals surface area contributed by atoms with Crippen molar-refractivity contribution < 1.29 is 27.5 Å². The number of ether oxygens (including phenoxy) is 1. The van der Waals surface area contributed by atoms with Crippen molar-refractivity contribution in [2.75, 3.05) is 24.0 Å². The number of esters is 1. The van der Waals surface area contributed by atoms with Gasteiger partial charge in [0, 0.05) is 6.54 Å². The molecule has 10 heteroatoms. The number of para-hydroxylation sites is 1. The number of carbonyl (C=O) groups is 3. The second-order valence-electron chi connectivity index (χ2n) is 8.04. The molecule has 0 saturated carbocycles. The van der Waals surface area contributed by atoms with Crippen molar-refractivity contribution in [3.05, 3.63) is 94.0 Å². The summed E-state index contributed by atoms with van der Waals surface area (Å²) < 4.78 is 33.3. The molecule has 2 aliphatic heterocycles. The van der Waals surface area contributed by atoms with E-state index in [1.807, 2.05) is 12.1 Å². The Labute approximate surface area is 206 Å². The molecule has 0 unspecified atom stereocenters. The average Bonchev–Trinajstić information content (AvgIpc) is 3.40. The molecule has 0 fully saturated rings. The molecule has 0 atom stereocenters. The Kier molecular flexibility index (Phi) is 5.82. The Balaban J connectivity index is 1.30. The molecular weight excluding hydrogens is 492 g/mol. The predicted molar refractivity (Wildman–Crippen MR) is 128 cm³/mol. The number of anilines is 1. The number of halogens is 1. The van der Waals surface area contributed by atoms with Crippen LogP contribution in [0.5, 0.6) is 0 Å². The van der Waals surface area contributed by atoms with Crippen molar-refractivity contribution in [3.63, 3.8) is 0 Å². The maximum atomic E-state index is 13.4. The van der Waals surface area contributed by atoms with Crippen LogP contribution in [0.4, 0.5) is 5.69 Å². The van der Waals surface area contributed by atoms with Gasteiger partial charge in [-0.2, -0.15) is 0 Å². The van der Waals surface area contributed by atoms with Crippen LogP contribution >= 0.6 is 11.6 Å². The highest BCUT2D eigenvalue weighted by molar-refractivity contribution is 7.93. The van der Waals surface area contributed by atoms with E-state index in [2.05, 4.69) is 0 Å². The topological polar surface area (TPSA) is 101 Å². The van der Waals surface area contributed by atoms with Gasteiger partial charge in [0.25, 0.3) is 21.8 Å². The van der Waals surface area contributed by atoms with Crippen LogP contribution in [-0.2, 0) is 21.2 Å². The Hall–Kier alpha value is -3.69. The molecule has 178 valence electrons. The van der Waals surface area contributed by atoms with E-state index < -0.39 is 27.8 Å². The first-order valence-electron chi connectivity index (χ1n) is 10.8. The largest absolute Gasteiger partial charge is 0.460 e. The fourth-order valence-corrected chi connectivity index (χ4v) is 6.27. The lowest BCUT2D eigenvalue weighted by molar-refractivity contribution is 0.0420. The second kappa shape index (κ2) is 8.83. The minimum Gasteiger partial charge on any atom is -0.460 e. The van der Waals surface area contributed by atoms with Gasteiger partial charge in [-0.15, -0.1) is 0 Å². The van der Waals surface area contributed by atoms with Gasteiger partial charge in [-0.05, 0) is 48.4 Å². The zero-order valence-corrected chi connectivity index (χ0v) is 19.9. The van der Waals surface area contributed by atoms with Crippen molar-refractivity contribution in [3.8, 4) is 0 Å². The lowest BCUT2D eigenvalue weighted by atomic mass is 10.1. The van der Waals surface area contributed by atoms with Crippen molar-refractivity contribution >= 4 is 45.1 Å². The van der Waals surface area contributed by atoms with Crippen LogP contribution in [-0.4, -0.2) is 50.8 Å². The van der Waals surface area contributed by atoms with Crippen LogP contribution < -0.4 is 4.31 Å². The lowest BCUT2D eigenvalue weighted by Crippen LogP contribution is -2.33. The van der Waals surface area contributed by atoms with Gasteiger partial charge in [0.15, 0.2) is 0 Å². The van der Waals surface area contributed by atoms with E-state index in [0.29, 0.717) is 23.2 Å². The first-order chi connectivity index (χ1) is 16.8. The normalized spacial score (nSPS) is 14.8. The number of benzene rings is 3. The minimum atomic E-state index is -4.02. The van der Waals surface area contributed by atoms with Gasteiger partial charge in [0.2, 0.25) is 0 Å². The zero-order valence-electron chi connectivity index (χ0n) is 18.3. The van der Waals surface area contributed by atoms with Crippen LogP contribution in [0.2, 0.25) is 5.02 Å². The molecule has 0 spiro atoms. The maximum absolute atomic E-state index is 13.4. The molecule has 0 radical (unpaired) electrons. The Morgan fingerprint density at radius 3 is 2.31 bits per heavy atom. The van der Waals surface area contributed by atoms with Crippen LogP contribution in [0.1, 0.15) is 36.6 Å². The zero-order chi connectivity index (χ0) is 24.7. The van der Waals surface area contributed by atoms with Crippen LogP contribution in [0.3, 0.4) is 0 Å². The summed E-state index contributed by atoms with van der Waals surface area (Å²) in [5, 5.41) is -0.0167. The van der Waals surface area contributed by atoms with E-state index in [4.69, 9.17) is 16.3 Å². The number of amides is 2. The number of imide groups is 1. The summed E-state index contributed by atoms with van der Waals surface area (Å²) in [5.41, 5.74) is 2.09. The Morgan fingerprint density at radius 2 is 1.60 bits per heavy atom. The summed E-state index contributed by atoms with van der Waals surface area (Å²) in [6.45, 7) is -0.0944. The first-order valence-corrected chi connectivity index (χ1v) is 12.6. The highest BCUT2D eigenvalue weighted by Crippen LogP contribution is 2.35. The van der Waals surface area contributed by atoms with Crippen LogP contribution in [0.15, 0.2) is 71.6 Å². The molecule has 0 saturated heterocycles. The summed E-state index contributed by atoms with van der Waals surface area (Å²) in [4.78, 5) is 38.3. The molecule has 35 heavy (non-hydrogen) atoms. The molecule has 3 aromatic carbocycles. The molecule has 0 bridgehead atoms. The first kappa shape index (κ1) is 23.1. The van der Waals surface area contributed by atoms with Gasteiger partial charge in [-0.3, -0.25) is 18.8 Å². The summed E-state index contributed by atoms with van der Waals surface area (Å²) in [6.07, 6.45) is 0.576. The fourth-order valence-electron chi connectivity index (χ4n) is 4.26. The van der Waals surface area contributed by atoms with Crippen molar-refractivity contribution in [2.24, 2.45) is 0 Å². The molecule has 0 aromatic heterocycles. The van der Waals surface area contributed by atoms with Crippen molar-refractivity contribution in [1.82, 2.24) is 4.90 Å². The molecule has 3 aromatic rings. The third-order valence-corrected chi connectivity index (χ3v) is 8.30. The Bertz CT molecular complexity index is 1450. The highest BCUT2D eigenvalue weighted by Gasteiger charge is 2.35. The molecule has 8 nitrogen and oxygen atoms in total. The van der Waals surface area contributed by atoms with E-state index in [1.54, 1.807) is 36.4 Å². The number of carbonyl (C=O) groups excluding carboxylic acids is 3. The van der Waals surface area contributed by atoms with Crippen molar-refractivity contribution in [2.45, 2.75) is 11.3 Å². The summed E-state index contributed by atoms with van der Waals surface area (Å²) in [6, 6.07) is 17.5. The number of hydrogen-bond acceptors (Lipinski definition) is 6. The summed E-state index contributed by atoms with van der Waals surface area (Å²) >= 11 is 6.22. The molecule has 0 N–H and O–H groups in total. The van der Waals surface area contributed by atoms with E-state index in [9.17, 15) is 22.8 Å². The van der Waals surface area contributed by atoms with Gasteiger partial charge < -0.3 is 4.74 Å².